The lowest BCUT2D eigenvalue weighted by atomic mass is 9.55. The maximum absolute atomic E-state index is 14.2. The number of esters is 1. The van der Waals surface area contributed by atoms with Gasteiger partial charge in [0.05, 0.1) is 23.1 Å². The summed E-state index contributed by atoms with van der Waals surface area (Å²) in [6.45, 7) is -0.472. The molecule has 5 aromatic carbocycles. The van der Waals surface area contributed by atoms with Crippen molar-refractivity contribution in [2.45, 2.75) is 11.8 Å². The van der Waals surface area contributed by atoms with Gasteiger partial charge in [0.15, 0.2) is 12.4 Å². The molecule has 1 heterocycles. The van der Waals surface area contributed by atoms with Crippen molar-refractivity contribution < 1.29 is 23.9 Å². The fourth-order valence-corrected chi connectivity index (χ4v) is 7.53. The molecule has 6 heteroatoms. The van der Waals surface area contributed by atoms with Crippen molar-refractivity contribution in [1.82, 2.24) is 0 Å². The first kappa shape index (κ1) is 27.0. The maximum Gasteiger partial charge on any atom is 0.340 e. The lowest BCUT2D eigenvalue weighted by Crippen LogP contribution is -2.41. The van der Waals surface area contributed by atoms with E-state index in [1.807, 2.05) is 66.7 Å². The first-order valence-electron chi connectivity index (χ1n) is 15.0. The minimum absolute atomic E-state index is 0.0625. The second kappa shape index (κ2) is 10.5. The molecule has 1 fully saturated rings. The van der Waals surface area contributed by atoms with E-state index in [-0.39, 0.29) is 40.7 Å². The van der Waals surface area contributed by atoms with Gasteiger partial charge in [0.1, 0.15) is 0 Å². The molecule has 0 spiro atoms. The van der Waals surface area contributed by atoms with E-state index < -0.39 is 24.4 Å². The van der Waals surface area contributed by atoms with Crippen LogP contribution >= 0.6 is 0 Å². The molecule has 0 aromatic heterocycles. The smallest absolute Gasteiger partial charge is 0.340 e. The zero-order valence-corrected chi connectivity index (χ0v) is 24.1. The van der Waals surface area contributed by atoms with E-state index in [0.717, 1.165) is 33.4 Å². The predicted octanol–water partition coefficient (Wildman–Crippen LogP) is 6.79. The highest BCUT2D eigenvalue weighted by Crippen LogP contribution is 2.61. The van der Waals surface area contributed by atoms with Crippen molar-refractivity contribution >= 4 is 29.3 Å². The van der Waals surface area contributed by atoms with E-state index in [4.69, 9.17) is 4.74 Å². The number of carbonyl (C=O) groups excluding carboxylic acids is 4. The van der Waals surface area contributed by atoms with Crippen LogP contribution in [0.25, 0.3) is 11.1 Å². The van der Waals surface area contributed by atoms with Crippen molar-refractivity contribution in [1.29, 1.82) is 0 Å². The fourth-order valence-electron chi connectivity index (χ4n) is 7.53. The normalized spacial score (nSPS) is 20.8. The first-order valence-corrected chi connectivity index (χ1v) is 15.0. The number of para-hydroxylation sites is 1. The SMILES string of the molecule is O=C(COC(=O)c1ccccc1N1C(=O)[C@H]2C3c4ccccc4C(c4ccccc43)[C@@H]2C1=O)c1ccc(-c2ccccc2)cc1. The van der Waals surface area contributed by atoms with Crippen LogP contribution in [0.2, 0.25) is 0 Å². The Balaban J connectivity index is 1.06. The lowest BCUT2D eigenvalue weighted by Gasteiger charge is -2.45. The Hall–Kier alpha value is -5.62. The second-order valence-electron chi connectivity index (χ2n) is 11.7. The zero-order chi connectivity index (χ0) is 30.7. The van der Waals surface area contributed by atoms with Crippen LogP contribution in [0.3, 0.4) is 0 Å². The summed E-state index contributed by atoms with van der Waals surface area (Å²) in [6, 6.07) is 39.5. The van der Waals surface area contributed by atoms with Crippen LogP contribution in [0, 0.1) is 11.8 Å². The number of hydrogen-bond donors (Lipinski definition) is 0. The summed E-state index contributed by atoms with van der Waals surface area (Å²) in [6.07, 6.45) is 0. The fraction of sp³-hybridized carbons (Fsp3) is 0.128. The van der Waals surface area contributed by atoms with Gasteiger partial charge < -0.3 is 4.74 Å². The molecule has 45 heavy (non-hydrogen) atoms. The Morgan fingerprint density at radius 3 is 1.58 bits per heavy atom. The minimum Gasteiger partial charge on any atom is -0.454 e. The Morgan fingerprint density at radius 1 is 0.556 bits per heavy atom. The van der Waals surface area contributed by atoms with Gasteiger partial charge in [-0.2, -0.15) is 0 Å². The van der Waals surface area contributed by atoms with Gasteiger partial charge in [-0.1, -0.05) is 115 Å². The third-order valence-corrected chi connectivity index (χ3v) is 9.46. The molecule has 218 valence electrons. The predicted molar refractivity (Wildman–Crippen MR) is 169 cm³/mol. The van der Waals surface area contributed by atoms with Crippen LogP contribution < -0.4 is 4.90 Å². The molecular formula is C39H27NO5. The number of ketones is 1. The summed E-state index contributed by atoms with van der Waals surface area (Å²) in [4.78, 5) is 55.9. The average Bonchev–Trinajstić information content (AvgIpc) is 3.37. The van der Waals surface area contributed by atoms with E-state index in [2.05, 4.69) is 24.3 Å². The molecule has 0 saturated carbocycles. The largest absolute Gasteiger partial charge is 0.454 e. The average molecular weight is 590 g/mol. The number of rotatable bonds is 6. The lowest BCUT2D eigenvalue weighted by molar-refractivity contribution is -0.122. The molecule has 0 radical (unpaired) electrons. The van der Waals surface area contributed by atoms with E-state index in [0.29, 0.717) is 5.56 Å². The molecule has 6 nitrogen and oxygen atoms in total. The van der Waals surface area contributed by atoms with Crippen LogP contribution in [-0.4, -0.2) is 30.2 Å². The number of anilines is 1. The van der Waals surface area contributed by atoms with Crippen molar-refractivity contribution in [3.8, 4) is 11.1 Å². The summed E-state index contributed by atoms with van der Waals surface area (Å²) >= 11 is 0. The molecule has 1 aliphatic heterocycles. The summed E-state index contributed by atoms with van der Waals surface area (Å²) in [5, 5.41) is 0. The monoisotopic (exact) mass is 589 g/mol. The van der Waals surface area contributed by atoms with Gasteiger partial charge in [-0.3, -0.25) is 14.4 Å². The summed E-state index contributed by atoms with van der Waals surface area (Å²) < 4.78 is 5.47. The second-order valence-corrected chi connectivity index (χ2v) is 11.7. The number of benzene rings is 5. The summed E-state index contributed by atoms with van der Waals surface area (Å²) in [7, 11) is 0. The molecule has 0 N–H and O–H groups in total. The van der Waals surface area contributed by atoms with Crippen LogP contribution in [0.5, 0.6) is 0 Å². The third-order valence-electron chi connectivity index (χ3n) is 9.46. The van der Waals surface area contributed by atoms with Gasteiger partial charge in [0.25, 0.3) is 0 Å². The number of amides is 2. The van der Waals surface area contributed by atoms with E-state index in [1.165, 1.54) is 11.0 Å². The van der Waals surface area contributed by atoms with E-state index in [1.54, 1.807) is 30.3 Å². The van der Waals surface area contributed by atoms with Crippen LogP contribution in [0.15, 0.2) is 127 Å². The van der Waals surface area contributed by atoms with E-state index >= 15 is 0 Å². The van der Waals surface area contributed by atoms with Gasteiger partial charge in [0.2, 0.25) is 11.8 Å². The molecule has 2 atom stereocenters. The number of imide groups is 1. The summed E-state index contributed by atoms with van der Waals surface area (Å²) in [5.41, 5.74) is 6.97. The van der Waals surface area contributed by atoms with Gasteiger partial charge in [0, 0.05) is 17.4 Å². The highest BCUT2D eigenvalue weighted by molar-refractivity contribution is 6.25. The van der Waals surface area contributed by atoms with Crippen LogP contribution in [0.1, 0.15) is 54.8 Å². The summed E-state index contributed by atoms with van der Waals surface area (Å²) in [5.74, 6) is -3.42. The third kappa shape index (κ3) is 4.17. The maximum atomic E-state index is 14.2. The number of hydrogen-bond acceptors (Lipinski definition) is 5. The molecule has 5 aromatic rings. The van der Waals surface area contributed by atoms with Gasteiger partial charge in [-0.15, -0.1) is 0 Å². The van der Waals surface area contributed by atoms with Crippen molar-refractivity contribution in [2.75, 3.05) is 11.5 Å². The van der Waals surface area contributed by atoms with Gasteiger partial charge in [-0.25, -0.2) is 9.69 Å². The highest BCUT2D eigenvalue weighted by Gasteiger charge is 2.62. The van der Waals surface area contributed by atoms with Crippen molar-refractivity contribution in [3.63, 3.8) is 0 Å². The first-order chi connectivity index (χ1) is 22.0. The molecular weight excluding hydrogens is 562 g/mol. The highest BCUT2D eigenvalue weighted by atomic mass is 16.5. The zero-order valence-electron chi connectivity index (χ0n) is 24.1. The quantitative estimate of drug-likeness (QED) is 0.124. The van der Waals surface area contributed by atoms with Crippen LogP contribution in [0.4, 0.5) is 5.69 Å². The number of nitrogens with zero attached hydrogens (tertiary/aromatic N) is 1. The standard InChI is InChI=1S/C39H27NO5/c41-32(25-20-18-24(19-21-25)23-10-2-1-3-11-23)22-45-39(44)30-16-8-9-17-31(30)40-37(42)35-33-26-12-4-5-13-27(26)34(36(35)38(40)43)29-15-7-6-14-28(29)33/h1-21,33-36H,22H2/t33?,34?,35-,36-/m0/s1. The van der Waals surface area contributed by atoms with Crippen molar-refractivity contribution in [2.24, 2.45) is 11.8 Å². The van der Waals surface area contributed by atoms with Crippen LogP contribution in [-0.2, 0) is 14.3 Å². The van der Waals surface area contributed by atoms with E-state index in [9.17, 15) is 19.2 Å². The Morgan fingerprint density at radius 2 is 1.02 bits per heavy atom. The number of ether oxygens (including phenoxy) is 1. The molecule has 1 saturated heterocycles. The molecule has 4 aliphatic rings. The molecule has 0 unspecified atom stereocenters. The van der Waals surface area contributed by atoms with Crippen molar-refractivity contribution in [3.05, 3.63) is 161 Å². The van der Waals surface area contributed by atoms with Gasteiger partial charge >= 0.3 is 5.97 Å². The number of carbonyl (C=O) groups is 4. The Bertz CT molecular complexity index is 1900. The molecule has 2 bridgehead atoms. The number of Topliss-reactive ketones (excluding diaryl/α,β-unsaturated/α-hetero) is 1. The Kier molecular flexibility index (Phi) is 6.31. The van der Waals surface area contributed by atoms with Gasteiger partial charge in [-0.05, 0) is 45.5 Å². The Labute approximate surface area is 259 Å². The minimum atomic E-state index is -0.773. The molecule has 2 amide bonds. The topological polar surface area (TPSA) is 80.8 Å². The molecule has 3 aliphatic carbocycles. The molecule has 9 rings (SSSR count).